The number of benzene rings is 1. The van der Waals surface area contributed by atoms with E-state index in [2.05, 4.69) is 15.4 Å². The molecule has 0 atom stereocenters. The third-order valence-electron chi connectivity index (χ3n) is 4.28. The summed E-state index contributed by atoms with van der Waals surface area (Å²) in [6.45, 7) is 2.19. The molecular formula is C20H16FN5O2. The molecule has 0 saturated heterocycles. The maximum absolute atomic E-state index is 13.1. The Morgan fingerprint density at radius 3 is 2.64 bits per heavy atom. The fourth-order valence-corrected chi connectivity index (χ4v) is 2.84. The number of carbonyl (C=O) groups is 1. The van der Waals surface area contributed by atoms with Crippen molar-refractivity contribution in [1.29, 1.82) is 0 Å². The van der Waals surface area contributed by atoms with Crippen LogP contribution in [0.25, 0.3) is 11.3 Å². The van der Waals surface area contributed by atoms with Gasteiger partial charge in [0, 0.05) is 18.0 Å². The first-order valence-electron chi connectivity index (χ1n) is 8.59. The van der Waals surface area contributed by atoms with Crippen LogP contribution >= 0.6 is 0 Å². The van der Waals surface area contributed by atoms with Crippen molar-refractivity contribution in [2.75, 3.05) is 0 Å². The van der Waals surface area contributed by atoms with Gasteiger partial charge in [0.05, 0.1) is 17.9 Å². The maximum atomic E-state index is 13.1. The maximum Gasteiger partial charge on any atom is 0.272 e. The second kappa shape index (κ2) is 7.07. The van der Waals surface area contributed by atoms with Gasteiger partial charge in [0.15, 0.2) is 0 Å². The van der Waals surface area contributed by atoms with Crippen LogP contribution in [0, 0.1) is 12.7 Å². The number of aromatic nitrogens is 4. The van der Waals surface area contributed by atoms with Gasteiger partial charge >= 0.3 is 0 Å². The van der Waals surface area contributed by atoms with Crippen molar-refractivity contribution in [3.63, 3.8) is 0 Å². The molecule has 0 spiro atoms. The lowest BCUT2D eigenvalue weighted by Crippen LogP contribution is -2.28. The zero-order valence-corrected chi connectivity index (χ0v) is 15.0. The SMILES string of the molecule is Cc1cccc2nc(CNC(=O)c3ccc(=O)n(-c4ccc(F)cc4)n3)cn12. The Balaban J connectivity index is 1.54. The highest BCUT2D eigenvalue weighted by Gasteiger charge is 2.12. The van der Waals surface area contributed by atoms with Crippen molar-refractivity contribution in [3.8, 4) is 5.69 Å². The number of amides is 1. The number of hydrogen-bond donors (Lipinski definition) is 1. The summed E-state index contributed by atoms with van der Waals surface area (Å²) < 4.78 is 16.1. The van der Waals surface area contributed by atoms with E-state index in [1.54, 1.807) is 0 Å². The average molecular weight is 377 g/mol. The molecule has 0 unspecified atom stereocenters. The fourth-order valence-electron chi connectivity index (χ4n) is 2.84. The molecule has 3 aromatic heterocycles. The van der Waals surface area contributed by atoms with Crippen molar-refractivity contribution in [1.82, 2.24) is 24.5 Å². The summed E-state index contributed by atoms with van der Waals surface area (Å²) in [5, 5.41) is 6.84. The normalized spacial score (nSPS) is 10.9. The predicted molar refractivity (Wildman–Crippen MR) is 101 cm³/mol. The second-order valence-corrected chi connectivity index (χ2v) is 6.26. The molecule has 0 aliphatic heterocycles. The molecule has 0 aliphatic rings. The molecule has 4 aromatic rings. The van der Waals surface area contributed by atoms with Crippen molar-refractivity contribution < 1.29 is 9.18 Å². The number of fused-ring (bicyclic) bond motifs is 1. The molecule has 0 radical (unpaired) electrons. The van der Waals surface area contributed by atoms with E-state index in [1.807, 2.05) is 35.7 Å². The molecule has 0 saturated carbocycles. The minimum atomic E-state index is -0.440. The first-order valence-corrected chi connectivity index (χ1v) is 8.59. The van der Waals surface area contributed by atoms with Crippen LogP contribution in [0.2, 0.25) is 0 Å². The topological polar surface area (TPSA) is 81.3 Å². The van der Waals surface area contributed by atoms with Crippen LogP contribution in [0.5, 0.6) is 0 Å². The number of imidazole rings is 1. The molecule has 3 heterocycles. The first kappa shape index (κ1) is 17.6. The van der Waals surface area contributed by atoms with Crippen LogP contribution in [-0.2, 0) is 6.54 Å². The van der Waals surface area contributed by atoms with E-state index in [0.29, 0.717) is 11.4 Å². The van der Waals surface area contributed by atoms with Gasteiger partial charge in [-0.15, -0.1) is 0 Å². The summed E-state index contributed by atoms with van der Waals surface area (Å²) in [5.74, 6) is -0.863. The minimum absolute atomic E-state index is 0.0730. The number of rotatable bonds is 4. The zero-order valence-electron chi connectivity index (χ0n) is 15.0. The second-order valence-electron chi connectivity index (χ2n) is 6.26. The van der Waals surface area contributed by atoms with Crippen LogP contribution in [0.1, 0.15) is 21.9 Å². The average Bonchev–Trinajstić information content (AvgIpc) is 3.12. The summed E-state index contributed by atoms with van der Waals surface area (Å²) in [6, 6.07) is 13.7. The quantitative estimate of drug-likeness (QED) is 0.592. The molecule has 1 N–H and O–H groups in total. The largest absolute Gasteiger partial charge is 0.345 e. The molecule has 8 heteroatoms. The van der Waals surface area contributed by atoms with E-state index in [4.69, 9.17) is 0 Å². The van der Waals surface area contributed by atoms with E-state index in [0.717, 1.165) is 16.0 Å². The summed E-state index contributed by atoms with van der Waals surface area (Å²) in [6.07, 6.45) is 1.86. The first-order chi connectivity index (χ1) is 13.5. The Kier molecular flexibility index (Phi) is 4.44. The highest BCUT2D eigenvalue weighted by molar-refractivity contribution is 5.92. The zero-order chi connectivity index (χ0) is 19.7. The molecule has 140 valence electrons. The summed E-state index contributed by atoms with van der Waals surface area (Å²) in [4.78, 5) is 29.0. The number of nitrogens with zero attached hydrogens (tertiary/aromatic N) is 4. The van der Waals surface area contributed by atoms with Gasteiger partial charge in [-0.05, 0) is 49.4 Å². The third-order valence-corrected chi connectivity index (χ3v) is 4.28. The molecule has 4 rings (SSSR count). The van der Waals surface area contributed by atoms with E-state index in [1.165, 1.54) is 36.4 Å². The molecule has 28 heavy (non-hydrogen) atoms. The highest BCUT2D eigenvalue weighted by Crippen LogP contribution is 2.09. The van der Waals surface area contributed by atoms with Crippen LogP contribution in [0.4, 0.5) is 4.39 Å². The van der Waals surface area contributed by atoms with Gasteiger partial charge in [-0.1, -0.05) is 6.07 Å². The standard InChI is InChI=1S/C20H16FN5O2/c1-13-3-2-4-18-23-15(12-25(13)18)11-22-20(28)17-9-10-19(27)26(24-17)16-7-5-14(21)6-8-16/h2-10,12H,11H2,1H3,(H,22,28). The summed E-state index contributed by atoms with van der Waals surface area (Å²) in [5.41, 5.74) is 2.57. The molecular weight excluding hydrogens is 361 g/mol. The fraction of sp³-hybridized carbons (Fsp3) is 0.100. The minimum Gasteiger partial charge on any atom is -0.345 e. The van der Waals surface area contributed by atoms with Crippen LogP contribution in [-0.4, -0.2) is 25.1 Å². The molecule has 1 aromatic carbocycles. The lowest BCUT2D eigenvalue weighted by molar-refractivity contribution is 0.0943. The number of aryl methyl sites for hydroxylation is 1. The number of pyridine rings is 1. The Bertz CT molecular complexity index is 1230. The smallest absolute Gasteiger partial charge is 0.272 e. The molecule has 0 fully saturated rings. The van der Waals surface area contributed by atoms with Crippen molar-refractivity contribution in [2.45, 2.75) is 13.5 Å². The Morgan fingerprint density at radius 1 is 1.11 bits per heavy atom. The third kappa shape index (κ3) is 3.39. The van der Waals surface area contributed by atoms with Gasteiger partial charge in [-0.2, -0.15) is 9.78 Å². The Hall–Kier alpha value is -3.81. The Morgan fingerprint density at radius 2 is 1.89 bits per heavy atom. The van der Waals surface area contributed by atoms with Gasteiger partial charge in [0.25, 0.3) is 11.5 Å². The van der Waals surface area contributed by atoms with E-state index in [-0.39, 0.29) is 12.2 Å². The molecule has 1 amide bonds. The van der Waals surface area contributed by atoms with E-state index >= 15 is 0 Å². The number of carbonyl (C=O) groups excluding carboxylic acids is 1. The summed E-state index contributed by atoms with van der Waals surface area (Å²) in [7, 11) is 0. The van der Waals surface area contributed by atoms with Crippen LogP contribution < -0.4 is 10.9 Å². The van der Waals surface area contributed by atoms with Crippen molar-refractivity contribution >= 4 is 11.6 Å². The van der Waals surface area contributed by atoms with Gasteiger partial charge in [0.2, 0.25) is 0 Å². The number of halogens is 1. The summed E-state index contributed by atoms with van der Waals surface area (Å²) >= 11 is 0. The Labute approximate surface area is 159 Å². The molecule has 0 aliphatic carbocycles. The van der Waals surface area contributed by atoms with Crippen LogP contribution in [0.15, 0.2) is 65.6 Å². The molecule has 0 bridgehead atoms. The van der Waals surface area contributed by atoms with E-state index < -0.39 is 17.3 Å². The predicted octanol–water partition coefficient (Wildman–Crippen LogP) is 2.26. The lowest BCUT2D eigenvalue weighted by atomic mass is 10.3. The van der Waals surface area contributed by atoms with Crippen molar-refractivity contribution in [2.24, 2.45) is 0 Å². The van der Waals surface area contributed by atoms with Gasteiger partial charge in [-0.25, -0.2) is 9.37 Å². The van der Waals surface area contributed by atoms with Crippen molar-refractivity contribution in [3.05, 3.63) is 94.0 Å². The molecule has 7 nitrogen and oxygen atoms in total. The monoisotopic (exact) mass is 377 g/mol. The van der Waals surface area contributed by atoms with Crippen LogP contribution in [0.3, 0.4) is 0 Å². The van der Waals surface area contributed by atoms with Gasteiger partial charge < -0.3 is 9.72 Å². The van der Waals surface area contributed by atoms with Gasteiger partial charge in [-0.3, -0.25) is 9.59 Å². The highest BCUT2D eigenvalue weighted by atomic mass is 19.1. The van der Waals surface area contributed by atoms with Gasteiger partial charge in [0.1, 0.15) is 17.2 Å². The number of hydrogen-bond acceptors (Lipinski definition) is 4. The lowest BCUT2D eigenvalue weighted by Gasteiger charge is -2.07. The van der Waals surface area contributed by atoms with E-state index in [9.17, 15) is 14.0 Å². The number of nitrogens with one attached hydrogen (secondary N) is 1.